The van der Waals surface area contributed by atoms with E-state index in [1.165, 1.54) is 0 Å². The predicted molar refractivity (Wildman–Crippen MR) is 80.8 cm³/mol. The van der Waals surface area contributed by atoms with Gasteiger partial charge in [-0.1, -0.05) is 41.9 Å². The molecule has 1 aromatic carbocycles. The fraction of sp³-hybridized carbons (Fsp3) is 0.462. The second kappa shape index (κ2) is 7.19. The highest BCUT2D eigenvalue weighted by Gasteiger charge is 2.24. The summed E-state index contributed by atoms with van der Waals surface area (Å²) in [5.74, 6) is -1.30. The van der Waals surface area contributed by atoms with E-state index < -0.39 is 22.0 Å². The van der Waals surface area contributed by atoms with Crippen molar-refractivity contribution in [1.29, 1.82) is 0 Å². The van der Waals surface area contributed by atoms with Crippen LogP contribution >= 0.6 is 15.9 Å². The Kier molecular flexibility index (Phi) is 6.16. The number of benzene rings is 1. The number of nitrogens with one attached hydrogen (secondary N) is 1. The summed E-state index contributed by atoms with van der Waals surface area (Å²) in [6.45, 7) is 3.69. The number of carbonyl (C=O) groups is 1. The van der Waals surface area contributed by atoms with Gasteiger partial charge in [-0.25, -0.2) is 13.1 Å². The lowest BCUT2D eigenvalue weighted by Crippen LogP contribution is -2.42. The Bertz CT molecular complexity index is 554. The first kappa shape index (κ1) is 17.1. The van der Waals surface area contributed by atoms with Gasteiger partial charge in [0.25, 0.3) is 0 Å². The lowest BCUT2D eigenvalue weighted by Gasteiger charge is -2.16. The van der Waals surface area contributed by atoms with Crippen LogP contribution in [-0.2, 0) is 20.6 Å². The van der Waals surface area contributed by atoms with E-state index in [0.717, 1.165) is 4.47 Å². The van der Waals surface area contributed by atoms with Gasteiger partial charge in [0.15, 0.2) is 0 Å². The van der Waals surface area contributed by atoms with Crippen molar-refractivity contribution < 1.29 is 18.3 Å². The zero-order valence-electron chi connectivity index (χ0n) is 11.3. The van der Waals surface area contributed by atoms with Crippen molar-refractivity contribution in [3.63, 3.8) is 0 Å². The molecular weight excluding hydrogens is 346 g/mol. The average Bonchev–Trinajstić information content (AvgIpc) is 2.30. The van der Waals surface area contributed by atoms with E-state index >= 15 is 0 Å². The summed E-state index contributed by atoms with van der Waals surface area (Å²) in [5.41, 5.74) is 0.606. The van der Waals surface area contributed by atoms with Crippen molar-refractivity contribution in [2.24, 2.45) is 5.92 Å². The number of sulfonamides is 1. The van der Waals surface area contributed by atoms with E-state index in [9.17, 15) is 13.2 Å². The Morgan fingerprint density at radius 2 is 1.85 bits per heavy atom. The first-order valence-electron chi connectivity index (χ1n) is 6.17. The molecule has 0 saturated heterocycles. The van der Waals surface area contributed by atoms with Gasteiger partial charge in [0.2, 0.25) is 10.0 Å². The van der Waals surface area contributed by atoms with Crippen molar-refractivity contribution in [2.45, 2.75) is 32.1 Å². The molecule has 112 valence electrons. The van der Waals surface area contributed by atoms with Crippen LogP contribution in [0.4, 0.5) is 0 Å². The molecule has 0 aliphatic rings. The zero-order valence-corrected chi connectivity index (χ0v) is 13.7. The molecular formula is C13H18BrNO4S. The number of hydrogen-bond acceptors (Lipinski definition) is 3. The van der Waals surface area contributed by atoms with E-state index in [1.807, 2.05) is 13.8 Å². The molecule has 1 unspecified atom stereocenters. The van der Waals surface area contributed by atoms with E-state index in [-0.39, 0.29) is 18.1 Å². The number of rotatable bonds is 7. The average molecular weight is 364 g/mol. The third kappa shape index (κ3) is 6.02. The minimum atomic E-state index is -3.68. The highest BCUT2D eigenvalue weighted by atomic mass is 79.9. The van der Waals surface area contributed by atoms with Crippen molar-refractivity contribution in [1.82, 2.24) is 4.72 Å². The Hall–Kier alpha value is -0.920. The summed E-state index contributed by atoms with van der Waals surface area (Å²) in [4.78, 5) is 11.1. The highest BCUT2D eigenvalue weighted by molar-refractivity contribution is 9.10. The Labute approximate surface area is 127 Å². The molecule has 1 atom stereocenters. The van der Waals surface area contributed by atoms with Crippen LogP contribution in [0.5, 0.6) is 0 Å². The number of carboxylic acids is 1. The van der Waals surface area contributed by atoms with Gasteiger partial charge in [0, 0.05) is 4.47 Å². The summed E-state index contributed by atoms with van der Waals surface area (Å²) in [7, 11) is -3.68. The molecule has 0 saturated carbocycles. The topological polar surface area (TPSA) is 83.5 Å². The van der Waals surface area contributed by atoms with Crippen LogP contribution in [0.2, 0.25) is 0 Å². The smallest absolute Gasteiger partial charge is 0.321 e. The summed E-state index contributed by atoms with van der Waals surface area (Å²) in [6.07, 6.45) is 0.259. The summed E-state index contributed by atoms with van der Waals surface area (Å²) in [5, 5.41) is 9.05. The maximum absolute atomic E-state index is 12.0. The fourth-order valence-electron chi connectivity index (χ4n) is 1.73. The van der Waals surface area contributed by atoms with Crippen molar-refractivity contribution in [3.8, 4) is 0 Å². The van der Waals surface area contributed by atoms with Crippen LogP contribution in [0.15, 0.2) is 28.7 Å². The van der Waals surface area contributed by atoms with Gasteiger partial charge in [-0.15, -0.1) is 0 Å². The number of halogens is 1. The minimum absolute atomic E-state index is 0.0893. The molecule has 1 rings (SSSR count). The van der Waals surface area contributed by atoms with Crippen molar-refractivity contribution in [3.05, 3.63) is 34.3 Å². The van der Waals surface area contributed by atoms with Crippen LogP contribution in [0.1, 0.15) is 25.8 Å². The lowest BCUT2D eigenvalue weighted by molar-refractivity contribution is -0.139. The van der Waals surface area contributed by atoms with Crippen LogP contribution in [-0.4, -0.2) is 25.5 Å². The SMILES string of the molecule is CC(C)CC(NS(=O)(=O)Cc1ccc(Br)cc1)C(=O)O. The Morgan fingerprint density at radius 3 is 2.30 bits per heavy atom. The molecule has 20 heavy (non-hydrogen) atoms. The van der Waals surface area contributed by atoms with Gasteiger partial charge in [-0.05, 0) is 30.0 Å². The molecule has 1 aromatic rings. The molecule has 0 aliphatic heterocycles. The van der Waals surface area contributed by atoms with E-state index in [2.05, 4.69) is 20.7 Å². The molecule has 0 radical (unpaired) electrons. The lowest BCUT2D eigenvalue weighted by atomic mass is 10.1. The first-order chi connectivity index (χ1) is 9.19. The normalized spacial score (nSPS) is 13.4. The predicted octanol–water partition coefficient (Wildman–Crippen LogP) is 2.37. The Balaban J connectivity index is 2.77. The summed E-state index contributed by atoms with van der Waals surface area (Å²) in [6, 6.07) is 5.76. The van der Waals surface area contributed by atoms with Crippen molar-refractivity contribution >= 4 is 31.9 Å². The molecule has 0 spiro atoms. The van der Waals surface area contributed by atoms with Crippen LogP contribution in [0.3, 0.4) is 0 Å². The maximum Gasteiger partial charge on any atom is 0.321 e. The molecule has 0 aromatic heterocycles. The fourth-order valence-corrected chi connectivity index (χ4v) is 3.34. The third-order valence-corrected chi connectivity index (χ3v) is 4.48. The van der Waals surface area contributed by atoms with Gasteiger partial charge in [0.05, 0.1) is 5.75 Å². The van der Waals surface area contributed by atoms with Gasteiger partial charge < -0.3 is 5.11 Å². The third-order valence-electron chi connectivity index (χ3n) is 2.60. The van der Waals surface area contributed by atoms with E-state index in [1.54, 1.807) is 24.3 Å². The van der Waals surface area contributed by atoms with E-state index in [0.29, 0.717) is 5.56 Å². The van der Waals surface area contributed by atoms with Gasteiger partial charge in [0.1, 0.15) is 6.04 Å². The highest BCUT2D eigenvalue weighted by Crippen LogP contribution is 2.13. The molecule has 0 heterocycles. The molecule has 0 aliphatic carbocycles. The number of carboxylic acid groups (broad SMARTS) is 1. The second-order valence-electron chi connectivity index (χ2n) is 5.02. The molecule has 0 amide bonds. The van der Waals surface area contributed by atoms with Crippen molar-refractivity contribution in [2.75, 3.05) is 0 Å². The molecule has 7 heteroatoms. The second-order valence-corrected chi connectivity index (χ2v) is 7.69. The van der Waals surface area contributed by atoms with Gasteiger partial charge >= 0.3 is 5.97 Å². The van der Waals surface area contributed by atoms with Crippen LogP contribution in [0.25, 0.3) is 0 Å². The molecule has 0 bridgehead atoms. The van der Waals surface area contributed by atoms with Gasteiger partial charge in [-0.2, -0.15) is 0 Å². The molecule has 0 fully saturated rings. The van der Waals surface area contributed by atoms with Crippen LogP contribution in [0, 0.1) is 5.92 Å². The summed E-state index contributed by atoms with van der Waals surface area (Å²) >= 11 is 3.27. The number of hydrogen-bond donors (Lipinski definition) is 2. The standard InChI is InChI=1S/C13H18BrNO4S/c1-9(2)7-12(13(16)17)15-20(18,19)8-10-3-5-11(14)6-4-10/h3-6,9,12,15H,7-8H2,1-2H3,(H,16,17). The maximum atomic E-state index is 12.0. The summed E-state index contributed by atoms with van der Waals surface area (Å²) < 4.78 is 27.1. The largest absolute Gasteiger partial charge is 0.480 e. The molecule has 2 N–H and O–H groups in total. The Morgan fingerprint density at radius 1 is 1.30 bits per heavy atom. The first-order valence-corrected chi connectivity index (χ1v) is 8.61. The monoisotopic (exact) mass is 363 g/mol. The van der Waals surface area contributed by atoms with Crippen LogP contribution < -0.4 is 4.72 Å². The zero-order chi connectivity index (χ0) is 15.3. The van der Waals surface area contributed by atoms with Gasteiger partial charge in [-0.3, -0.25) is 4.79 Å². The minimum Gasteiger partial charge on any atom is -0.480 e. The molecule has 5 nitrogen and oxygen atoms in total. The van der Waals surface area contributed by atoms with E-state index in [4.69, 9.17) is 5.11 Å². The quantitative estimate of drug-likeness (QED) is 0.778. The number of aliphatic carboxylic acids is 1.